The second-order valence-corrected chi connectivity index (χ2v) is 4.27. The Labute approximate surface area is 111 Å². The molecule has 0 radical (unpaired) electrons. The van der Waals surface area contributed by atoms with Crippen LogP contribution < -0.4 is 10.1 Å². The van der Waals surface area contributed by atoms with Crippen LogP contribution in [0.5, 0.6) is 5.75 Å². The summed E-state index contributed by atoms with van der Waals surface area (Å²) in [7, 11) is 1.43. The molecule has 1 N–H and O–H groups in total. The maximum absolute atomic E-state index is 13.6. The van der Waals surface area contributed by atoms with Crippen LogP contribution in [0.15, 0.2) is 42.5 Å². The largest absolute Gasteiger partial charge is 0.494 e. The topological polar surface area (TPSA) is 21.3 Å². The first-order chi connectivity index (χ1) is 9.10. The Morgan fingerprint density at radius 1 is 1.05 bits per heavy atom. The molecule has 0 aliphatic heterocycles. The summed E-state index contributed by atoms with van der Waals surface area (Å²) in [5.74, 6) is -0.459. The van der Waals surface area contributed by atoms with E-state index in [9.17, 15) is 8.78 Å². The van der Waals surface area contributed by atoms with Gasteiger partial charge in [-0.15, -0.1) is 0 Å². The Bertz CT molecular complexity index is 555. The Balaban J connectivity index is 2.13. The second-order valence-electron chi connectivity index (χ2n) is 4.27. The number of benzene rings is 2. The minimum absolute atomic E-state index is 0.0918. The van der Waals surface area contributed by atoms with Crippen LogP contribution >= 0.6 is 0 Å². The quantitative estimate of drug-likeness (QED) is 0.894. The molecule has 0 bridgehead atoms. The number of ether oxygens (including phenoxy) is 1. The third kappa shape index (κ3) is 3.22. The summed E-state index contributed by atoms with van der Waals surface area (Å²) in [5, 5.41) is 3.18. The molecule has 0 aromatic heterocycles. The molecule has 1 unspecified atom stereocenters. The highest BCUT2D eigenvalue weighted by molar-refractivity contribution is 5.45. The molecular formula is C15H15F2NO. The second kappa shape index (κ2) is 5.69. The standard InChI is InChI=1S/C15H15F2NO/c1-10(18-13-6-4-12(16)5-7-13)11-3-8-15(19-2)14(17)9-11/h3-10,18H,1-2H3. The van der Waals surface area contributed by atoms with E-state index >= 15 is 0 Å². The van der Waals surface area contributed by atoms with Crippen molar-refractivity contribution >= 4 is 5.69 Å². The maximum Gasteiger partial charge on any atom is 0.165 e. The van der Waals surface area contributed by atoms with E-state index in [1.54, 1.807) is 24.3 Å². The van der Waals surface area contributed by atoms with Gasteiger partial charge in [0.1, 0.15) is 5.82 Å². The summed E-state index contributed by atoms with van der Waals surface area (Å²) in [6, 6.07) is 10.8. The molecule has 4 heteroatoms. The predicted molar refractivity (Wildman–Crippen MR) is 71.4 cm³/mol. The van der Waals surface area contributed by atoms with E-state index in [0.29, 0.717) is 0 Å². The van der Waals surface area contributed by atoms with Gasteiger partial charge < -0.3 is 10.1 Å². The minimum Gasteiger partial charge on any atom is -0.494 e. The molecule has 0 aliphatic rings. The molecule has 0 amide bonds. The van der Waals surface area contributed by atoms with Gasteiger partial charge in [-0.25, -0.2) is 8.78 Å². The average Bonchev–Trinajstić information content (AvgIpc) is 2.41. The molecule has 1 atom stereocenters. The Morgan fingerprint density at radius 3 is 2.32 bits per heavy atom. The van der Waals surface area contributed by atoms with Gasteiger partial charge >= 0.3 is 0 Å². The lowest BCUT2D eigenvalue weighted by Crippen LogP contribution is -2.07. The summed E-state index contributed by atoms with van der Waals surface area (Å²) in [5.41, 5.74) is 1.58. The van der Waals surface area contributed by atoms with Crippen LogP contribution in [0.1, 0.15) is 18.5 Å². The highest BCUT2D eigenvalue weighted by Crippen LogP contribution is 2.24. The number of hydrogen-bond acceptors (Lipinski definition) is 2. The molecule has 100 valence electrons. The molecule has 0 fully saturated rings. The van der Waals surface area contributed by atoms with Crippen molar-refractivity contribution in [2.24, 2.45) is 0 Å². The van der Waals surface area contributed by atoms with Gasteiger partial charge in [0.2, 0.25) is 0 Å². The first kappa shape index (κ1) is 13.3. The molecular weight excluding hydrogens is 248 g/mol. The van der Waals surface area contributed by atoms with E-state index in [1.165, 1.54) is 25.3 Å². The van der Waals surface area contributed by atoms with E-state index in [0.717, 1.165) is 11.3 Å². The Kier molecular flexibility index (Phi) is 4.00. The molecule has 2 nitrogen and oxygen atoms in total. The summed E-state index contributed by atoms with van der Waals surface area (Å²) >= 11 is 0. The lowest BCUT2D eigenvalue weighted by atomic mass is 10.1. The average molecular weight is 263 g/mol. The van der Waals surface area contributed by atoms with Gasteiger partial charge in [-0.05, 0) is 48.9 Å². The summed E-state index contributed by atoms with van der Waals surface area (Å²) in [6.07, 6.45) is 0. The number of rotatable bonds is 4. The summed E-state index contributed by atoms with van der Waals surface area (Å²) in [4.78, 5) is 0. The van der Waals surface area contributed by atoms with Crippen molar-refractivity contribution in [1.82, 2.24) is 0 Å². The lowest BCUT2D eigenvalue weighted by Gasteiger charge is -2.16. The number of halogens is 2. The fraction of sp³-hybridized carbons (Fsp3) is 0.200. The number of hydrogen-bond donors (Lipinski definition) is 1. The zero-order chi connectivity index (χ0) is 13.8. The van der Waals surface area contributed by atoms with Crippen molar-refractivity contribution in [3.8, 4) is 5.75 Å². The Hall–Kier alpha value is -2.10. The fourth-order valence-electron chi connectivity index (χ4n) is 1.83. The van der Waals surface area contributed by atoms with E-state index in [-0.39, 0.29) is 17.6 Å². The SMILES string of the molecule is COc1ccc(C(C)Nc2ccc(F)cc2)cc1F. The van der Waals surface area contributed by atoms with Crippen LogP contribution in [-0.4, -0.2) is 7.11 Å². The van der Waals surface area contributed by atoms with E-state index < -0.39 is 5.82 Å². The van der Waals surface area contributed by atoms with Crippen molar-refractivity contribution < 1.29 is 13.5 Å². The van der Waals surface area contributed by atoms with Gasteiger partial charge in [0.25, 0.3) is 0 Å². The molecule has 0 aliphatic carbocycles. The van der Waals surface area contributed by atoms with Crippen LogP contribution in [0.4, 0.5) is 14.5 Å². The zero-order valence-electron chi connectivity index (χ0n) is 10.8. The van der Waals surface area contributed by atoms with Gasteiger partial charge in [-0.1, -0.05) is 6.07 Å². The molecule has 2 aromatic rings. The third-order valence-electron chi connectivity index (χ3n) is 2.90. The highest BCUT2D eigenvalue weighted by Gasteiger charge is 2.09. The van der Waals surface area contributed by atoms with Crippen LogP contribution in [0.25, 0.3) is 0 Å². The van der Waals surface area contributed by atoms with Gasteiger partial charge in [0, 0.05) is 11.7 Å². The zero-order valence-corrected chi connectivity index (χ0v) is 10.8. The monoisotopic (exact) mass is 263 g/mol. The summed E-state index contributed by atoms with van der Waals surface area (Å²) < 4.78 is 31.3. The predicted octanol–water partition coefficient (Wildman–Crippen LogP) is 4.15. The molecule has 0 heterocycles. The first-order valence-corrected chi connectivity index (χ1v) is 5.95. The van der Waals surface area contributed by atoms with Crippen molar-refractivity contribution in [2.45, 2.75) is 13.0 Å². The van der Waals surface area contributed by atoms with Gasteiger partial charge in [0.05, 0.1) is 7.11 Å². The van der Waals surface area contributed by atoms with Crippen LogP contribution in [0.3, 0.4) is 0 Å². The third-order valence-corrected chi connectivity index (χ3v) is 2.90. The fourth-order valence-corrected chi connectivity index (χ4v) is 1.83. The first-order valence-electron chi connectivity index (χ1n) is 5.95. The lowest BCUT2D eigenvalue weighted by molar-refractivity contribution is 0.386. The van der Waals surface area contributed by atoms with Crippen LogP contribution in [0.2, 0.25) is 0 Å². The van der Waals surface area contributed by atoms with E-state index in [4.69, 9.17) is 4.74 Å². The van der Waals surface area contributed by atoms with Crippen LogP contribution in [-0.2, 0) is 0 Å². The van der Waals surface area contributed by atoms with Gasteiger partial charge in [-0.2, -0.15) is 0 Å². The van der Waals surface area contributed by atoms with Crippen molar-refractivity contribution in [2.75, 3.05) is 12.4 Å². The van der Waals surface area contributed by atoms with Gasteiger partial charge in [0.15, 0.2) is 11.6 Å². The molecule has 2 rings (SSSR count). The molecule has 19 heavy (non-hydrogen) atoms. The van der Waals surface area contributed by atoms with E-state index in [1.807, 2.05) is 6.92 Å². The highest BCUT2D eigenvalue weighted by atomic mass is 19.1. The maximum atomic E-state index is 13.6. The van der Waals surface area contributed by atoms with Crippen LogP contribution in [0, 0.1) is 11.6 Å². The Morgan fingerprint density at radius 2 is 1.74 bits per heavy atom. The molecule has 0 saturated heterocycles. The van der Waals surface area contributed by atoms with Crippen molar-refractivity contribution in [3.63, 3.8) is 0 Å². The van der Waals surface area contributed by atoms with E-state index in [2.05, 4.69) is 5.32 Å². The van der Waals surface area contributed by atoms with Crippen molar-refractivity contribution in [1.29, 1.82) is 0 Å². The number of nitrogens with one attached hydrogen (secondary N) is 1. The minimum atomic E-state index is -0.396. The normalized spacial score (nSPS) is 12.0. The smallest absolute Gasteiger partial charge is 0.165 e. The number of methoxy groups -OCH3 is 1. The summed E-state index contributed by atoms with van der Waals surface area (Å²) in [6.45, 7) is 1.91. The van der Waals surface area contributed by atoms with Gasteiger partial charge in [-0.3, -0.25) is 0 Å². The van der Waals surface area contributed by atoms with Crippen molar-refractivity contribution in [3.05, 3.63) is 59.7 Å². The number of anilines is 1. The molecule has 0 spiro atoms. The molecule has 2 aromatic carbocycles. The molecule has 0 saturated carbocycles.